The van der Waals surface area contributed by atoms with Crippen molar-refractivity contribution >= 4 is 34.2 Å². The Bertz CT molecular complexity index is 1530. The van der Waals surface area contributed by atoms with Gasteiger partial charge >= 0.3 is 5.63 Å². The van der Waals surface area contributed by atoms with E-state index in [0.717, 1.165) is 0 Å². The molecule has 2 aliphatic rings. The fourth-order valence-corrected chi connectivity index (χ4v) is 4.63. The number of benzene rings is 3. The van der Waals surface area contributed by atoms with E-state index in [-0.39, 0.29) is 12.4 Å². The lowest BCUT2D eigenvalue weighted by atomic mass is 9.87. The fourth-order valence-electron chi connectivity index (χ4n) is 4.50. The number of methoxy groups -OCH3 is 1. The van der Waals surface area contributed by atoms with Crippen LogP contribution in [0.4, 0.5) is 5.69 Å². The molecule has 3 aromatic carbocycles. The van der Waals surface area contributed by atoms with E-state index in [2.05, 4.69) is 5.32 Å². The molecule has 0 fully saturated rings. The Morgan fingerprint density at radius 3 is 2.66 bits per heavy atom. The first-order chi connectivity index (χ1) is 17.0. The summed E-state index contributed by atoms with van der Waals surface area (Å²) in [5.74, 6) is 0.424. The van der Waals surface area contributed by atoms with Gasteiger partial charge in [0.05, 0.1) is 24.0 Å². The maximum Gasteiger partial charge on any atom is 0.344 e. The number of nitrogens with one attached hydrogen (secondary N) is 1. The van der Waals surface area contributed by atoms with Crippen LogP contribution in [0.15, 0.2) is 69.9 Å². The minimum absolute atomic E-state index is 0.0418. The van der Waals surface area contributed by atoms with Gasteiger partial charge < -0.3 is 28.7 Å². The summed E-state index contributed by atoms with van der Waals surface area (Å²) in [7, 11) is 1.51. The zero-order chi connectivity index (χ0) is 24.1. The number of carbonyl (C=O) groups is 1. The van der Waals surface area contributed by atoms with Crippen molar-refractivity contribution in [1.82, 2.24) is 0 Å². The molecule has 0 aliphatic carbocycles. The number of halogens is 1. The summed E-state index contributed by atoms with van der Waals surface area (Å²) in [6.07, 6.45) is -1.07. The molecule has 4 aromatic rings. The molecule has 176 valence electrons. The van der Waals surface area contributed by atoms with Gasteiger partial charge in [-0.05, 0) is 54.1 Å². The molecule has 0 bridgehead atoms. The van der Waals surface area contributed by atoms with Crippen LogP contribution in [0.1, 0.15) is 17.0 Å². The Morgan fingerprint density at radius 1 is 1.06 bits per heavy atom. The van der Waals surface area contributed by atoms with Crippen molar-refractivity contribution in [2.24, 2.45) is 0 Å². The van der Waals surface area contributed by atoms with E-state index in [4.69, 9.17) is 35.0 Å². The van der Waals surface area contributed by atoms with Gasteiger partial charge in [0.1, 0.15) is 11.3 Å². The Kier molecular flexibility index (Phi) is 5.04. The molecule has 3 heterocycles. The molecule has 1 N–H and O–H groups in total. The van der Waals surface area contributed by atoms with E-state index in [1.807, 2.05) is 6.07 Å². The second kappa shape index (κ2) is 8.25. The van der Waals surface area contributed by atoms with Crippen molar-refractivity contribution in [2.45, 2.75) is 12.0 Å². The second-order valence-electron chi connectivity index (χ2n) is 8.10. The van der Waals surface area contributed by atoms with Crippen molar-refractivity contribution in [3.63, 3.8) is 0 Å². The smallest absolute Gasteiger partial charge is 0.344 e. The summed E-state index contributed by atoms with van der Waals surface area (Å²) < 4.78 is 28.4. The van der Waals surface area contributed by atoms with E-state index >= 15 is 0 Å². The minimum Gasteiger partial charge on any atom is -0.493 e. The van der Waals surface area contributed by atoms with Crippen LogP contribution in [0.25, 0.3) is 11.0 Å². The predicted octanol–water partition coefficient (Wildman–Crippen LogP) is 4.72. The van der Waals surface area contributed by atoms with E-state index in [9.17, 15) is 9.59 Å². The highest BCUT2D eigenvalue weighted by atomic mass is 35.5. The summed E-state index contributed by atoms with van der Waals surface area (Å²) in [6, 6.07) is 17.2. The summed E-state index contributed by atoms with van der Waals surface area (Å²) in [6.45, 7) is 0.0418. The maximum absolute atomic E-state index is 13.5. The molecule has 35 heavy (non-hydrogen) atoms. The summed E-state index contributed by atoms with van der Waals surface area (Å²) in [5.41, 5.74) is 1.17. The van der Waals surface area contributed by atoms with Gasteiger partial charge in [-0.15, -0.1) is 0 Å². The number of carbonyl (C=O) groups excluding carboxylic acids is 1. The van der Waals surface area contributed by atoms with Gasteiger partial charge in [0.2, 0.25) is 12.5 Å². The zero-order valence-corrected chi connectivity index (χ0v) is 19.1. The normalized spacial score (nSPS) is 17.7. The number of hydrogen-bond donors (Lipinski definition) is 1. The van der Waals surface area contributed by atoms with Crippen LogP contribution in [-0.2, 0) is 4.79 Å². The topological polar surface area (TPSA) is 96.2 Å². The van der Waals surface area contributed by atoms with Gasteiger partial charge in [-0.3, -0.25) is 4.79 Å². The SMILES string of the molecule is COc1cc([C@@H]2c3c(c4ccccc4oc3=O)O[C@@H]2C(=O)Nc2ccc(Cl)cc2)cc2c1OCO2. The number of anilines is 1. The summed E-state index contributed by atoms with van der Waals surface area (Å²) in [4.78, 5) is 26.7. The van der Waals surface area contributed by atoms with Crippen LogP contribution in [0.5, 0.6) is 23.0 Å². The van der Waals surface area contributed by atoms with E-state index in [0.29, 0.717) is 50.2 Å². The molecule has 0 spiro atoms. The largest absolute Gasteiger partial charge is 0.493 e. The molecular weight excluding hydrogens is 474 g/mol. The Labute approximate surface area is 203 Å². The summed E-state index contributed by atoms with van der Waals surface area (Å²) >= 11 is 5.97. The van der Waals surface area contributed by atoms with E-state index < -0.39 is 23.6 Å². The fraction of sp³-hybridized carbons (Fsp3) is 0.154. The number of para-hydroxylation sites is 1. The molecule has 0 radical (unpaired) electrons. The first-order valence-corrected chi connectivity index (χ1v) is 11.2. The standard InChI is InChI=1S/C26H18ClNO7/c1-31-18-10-13(11-19-23(18)33-12-32-19)20-21-22(16-4-2-3-5-17(16)34-26(21)30)35-24(20)25(29)28-15-8-6-14(27)7-9-15/h2-11,20,24H,12H2,1H3,(H,28,29)/t20-,24+/m1/s1. The van der Waals surface area contributed by atoms with Crippen molar-refractivity contribution in [3.8, 4) is 23.0 Å². The van der Waals surface area contributed by atoms with Gasteiger partial charge in [-0.2, -0.15) is 0 Å². The molecular formula is C26H18ClNO7. The lowest BCUT2D eigenvalue weighted by Crippen LogP contribution is -2.35. The van der Waals surface area contributed by atoms with Crippen LogP contribution in [-0.4, -0.2) is 25.9 Å². The Morgan fingerprint density at radius 2 is 1.86 bits per heavy atom. The second-order valence-corrected chi connectivity index (χ2v) is 8.53. The molecule has 8 nitrogen and oxygen atoms in total. The van der Waals surface area contributed by atoms with Crippen molar-refractivity contribution in [3.05, 3.63) is 87.2 Å². The number of fused-ring (bicyclic) bond motifs is 4. The lowest BCUT2D eigenvalue weighted by Gasteiger charge is -2.20. The zero-order valence-electron chi connectivity index (χ0n) is 18.4. The monoisotopic (exact) mass is 491 g/mol. The number of ether oxygens (including phenoxy) is 4. The maximum atomic E-state index is 13.5. The van der Waals surface area contributed by atoms with E-state index in [1.54, 1.807) is 54.6 Å². The molecule has 2 atom stereocenters. The van der Waals surface area contributed by atoms with E-state index in [1.165, 1.54) is 7.11 Å². The molecule has 1 aromatic heterocycles. The molecule has 6 rings (SSSR count). The Balaban J connectivity index is 1.51. The quantitative estimate of drug-likeness (QED) is 0.413. The highest BCUT2D eigenvalue weighted by Gasteiger charge is 2.45. The first kappa shape index (κ1) is 21.4. The van der Waals surface area contributed by atoms with Crippen LogP contribution in [0, 0.1) is 0 Å². The van der Waals surface area contributed by atoms with Crippen LogP contribution in [0.3, 0.4) is 0 Å². The molecule has 1 amide bonds. The van der Waals surface area contributed by atoms with Gasteiger partial charge in [0.25, 0.3) is 5.91 Å². The molecule has 0 saturated carbocycles. The average molecular weight is 492 g/mol. The molecule has 9 heteroatoms. The minimum atomic E-state index is -1.07. The van der Waals surface area contributed by atoms with Crippen molar-refractivity contribution < 1.29 is 28.2 Å². The lowest BCUT2D eigenvalue weighted by molar-refractivity contribution is -0.122. The van der Waals surface area contributed by atoms with Gasteiger partial charge in [-0.25, -0.2) is 4.79 Å². The number of rotatable bonds is 4. The van der Waals surface area contributed by atoms with Gasteiger partial charge in [0.15, 0.2) is 17.6 Å². The van der Waals surface area contributed by atoms with Gasteiger partial charge in [-0.1, -0.05) is 23.7 Å². The van der Waals surface area contributed by atoms with Crippen LogP contribution < -0.4 is 29.9 Å². The third kappa shape index (κ3) is 3.54. The van der Waals surface area contributed by atoms with Gasteiger partial charge in [0, 0.05) is 10.7 Å². The highest BCUT2D eigenvalue weighted by Crippen LogP contribution is 2.49. The highest BCUT2D eigenvalue weighted by molar-refractivity contribution is 6.30. The number of hydrogen-bond acceptors (Lipinski definition) is 7. The third-order valence-electron chi connectivity index (χ3n) is 6.07. The molecule has 0 saturated heterocycles. The van der Waals surface area contributed by atoms with Crippen LogP contribution >= 0.6 is 11.6 Å². The molecule has 0 unspecified atom stereocenters. The molecule has 2 aliphatic heterocycles. The van der Waals surface area contributed by atoms with Crippen molar-refractivity contribution in [1.29, 1.82) is 0 Å². The van der Waals surface area contributed by atoms with Crippen molar-refractivity contribution in [2.75, 3.05) is 19.2 Å². The summed E-state index contributed by atoms with van der Waals surface area (Å²) in [5, 5.41) is 3.99. The first-order valence-electron chi connectivity index (χ1n) is 10.8. The third-order valence-corrected chi connectivity index (χ3v) is 6.32. The average Bonchev–Trinajstić information content (AvgIpc) is 3.50. The number of amides is 1. The Hall–Kier alpha value is -4.17. The predicted molar refractivity (Wildman–Crippen MR) is 128 cm³/mol. The van der Waals surface area contributed by atoms with Crippen LogP contribution in [0.2, 0.25) is 5.02 Å².